The summed E-state index contributed by atoms with van der Waals surface area (Å²) in [4.78, 5) is 36.4. The van der Waals surface area contributed by atoms with Gasteiger partial charge in [0.2, 0.25) is 0 Å². The van der Waals surface area contributed by atoms with Crippen molar-refractivity contribution in [3.8, 4) is 0 Å². The minimum Gasteiger partial charge on any atom is -0.786 e. The largest absolute Gasteiger partial charge is 0.786 e. The van der Waals surface area contributed by atoms with E-state index in [1.54, 1.807) is 0 Å². The van der Waals surface area contributed by atoms with Crippen molar-refractivity contribution in [2.24, 2.45) is 22.9 Å². The number of urea groups is 2. The lowest BCUT2D eigenvalue weighted by Crippen LogP contribution is -2.57. The molecule has 0 spiro atoms. The number of nitrogens with one attached hydrogen (secondary N) is 2. The van der Waals surface area contributed by atoms with Crippen LogP contribution in [0.15, 0.2) is 0 Å². The lowest BCUT2D eigenvalue weighted by Gasteiger charge is -2.15. The van der Waals surface area contributed by atoms with Gasteiger partial charge < -0.3 is 36.8 Å². The van der Waals surface area contributed by atoms with Gasteiger partial charge in [0.15, 0.2) is 0 Å². The lowest BCUT2D eigenvalue weighted by atomic mass is 10.9. The van der Waals surface area contributed by atoms with Crippen LogP contribution in [0.3, 0.4) is 0 Å². The molecule has 128 valence electrons. The maximum Gasteiger partial charge on any atom is 0.376 e. The van der Waals surface area contributed by atoms with E-state index >= 15 is 0 Å². The molecule has 0 unspecified atom stereocenters. The Labute approximate surface area is 116 Å². The fraction of sp³-hybridized carbons (Fsp3) is 0. The molecule has 0 fully saturated rings. The van der Waals surface area contributed by atoms with E-state index in [1.165, 1.54) is 0 Å². The number of guanidine groups is 2. The summed E-state index contributed by atoms with van der Waals surface area (Å²) >= 11 is 0. The lowest BCUT2D eigenvalue weighted by molar-refractivity contribution is -0.328. The molecule has 0 rings (SSSR count). The van der Waals surface area contributed by atoms with Crippen LogP contribution in [0.1, 0.15) is 0 Å². The van der Waals surface area contributed by atoms with Crippen LogP contribution in [-0.2, 0) is 4.57 Å². The van der Waals surface area contributed by atoms with Gasteiger partial charge in [0.25, 0.3) is 0 Å². The molecule has 21 heavy (non-hydrogen) atoms. The second-order valence-electron chi connectivity index (χ2n) is 2.32. The molecule has 4 amide bonds. The van der Waals surface area contributed by atoms with Gasteiger partial charge in [-0.25, -0.2) is 13.8 Å². The first-order chi connectivity index (χ1) is 8.25. The Hall–Kier alpha value is -2.52. The second-order valence-corrected chi connectivity index (χ2v) is 3.18. The van der Waals surface area contributed by atoms with E-state index in [4.69, 9.17) is 36.6 Å². The Bertz CT molecular complexity index is 327. The molecule has 17 heteroatoms. The van der Waals surface area contributed by atoms with Crippen LogP contribution >= 0.6 is 7.91 Å². The Kier molecular flexibility index (Phi) is 23.0. The highest BCUT2D eigenvalue weighted by Crippen LogP contribution is 2.22. The summed E-state index contributed by atoms with van der Waals surface area (Å²) < 4.78 is 18.6. The highest BCUT2D eigenvalue weighted by molar-refractivity contribution is 7.42. The predicted molar refractivity (Wildman–Crippen MR) is 63.6 cm³/mol. The maximum atomic E-state index is 10.1. The highest BCUT2D eigenvalue weighted by atomic mass is 31.2. The van der Waals surface area contributed by atoms with Crippen LogP contribution in [-0.4, -0.2) is 34.9 Å². The topological polar surface area (TPSA) is 340 Å². The number of hydrogen-bond acceptors (Lipinski definition) is 5. The molecule has 0 heterocycles. The quantitative estimate of drug-likeness (QED) is 0.119. The summed E-state index contributed by atoms with van der Waals surface area (Å²) in [5, 5.41) is 13.4. The number of rotatable bonds is 0. The molecule has 0 bridgehead atoms. The van der Waals surface area contributed by atoms with E-state index in [2.05, 4.69) is 11.5 Å². The van der Waals surface area contributed by atoms with Crippen molar-refractivity contribution < 1.29 is 49.9 Å². The zero-order chi connectivity index (χ0) is 16.2. The normalized spacial score (nSPS) is 7.76. The first-order valence-corrected chi connectivity index (χ1v) is 5.29. The third-order valence-corrected chi connectivity index (χ3v) is 0.535. The van der Waals surface area contributed by atoms with Crippen LogP contribution in [0.5, 0.6) is 0 Å². The number of halogens is 1. The van der Waals surface area contributed by atoms with E-state index in [0.717, 1.165) is 0 Å². The summed E-state index contributed by atoms with van der Waals surface area (Å²) in [6.07, 6.45) is 0. The molecule has 0 aliphatic heterocycles. The van der Waals surface area contributed by atoms with Crippen LogP contribution < -0.4 is 54.2 Å². The van der Waals surface area contributed by atoms with E-state index in [1.807, 2.05) is 10.6 Å². The van der Waals surface area contributed by atoms with Gasteiger partial charge in [0, 0.05) is 0 Å². The third-order valence-electron chi connectivity index (χ3n) is 0.535. The smallest absolute Gasteiger partial charge is 0.376 e. The molecule has 0 atom stereocenters. The van der Waals surface area contributed by atoms with Gasteiger partial charge in [-0.1, -0.05) is 0 Å². The SMILES string of the molecule is NC(=[NH2+])NC(N)=O.NC(=[NH2+])NC(N)=O.O.O.O=P([O-])([O-])F. The number of carbonyl (C=O) groups is 2. The predicted octanol–water partition coefficient (Wildman–Crippen LogP) is -9.41. The molecule has 0 radical (unpaired) electrons. The number of hydrogen-bond donors (Lipinski definition) is 8. The van der Waals surface area contributed by atoms with E-state index < -0.39 is 20.0 Å². The van der Waals surface area contributed by atoms with Crippen molar-refractivity contribution in [3.05, 3.63) is 0 Å². The Morgan fingerprint density at radius 3 is 1.05 bits per heavy atom. The molecule has 0 saturated carbocycles. The summed E-state index contributed by atoms with van der Waals surface area (Å²) in [7, 11) is -5.64. The number of amides is 4. The van der Waals surface area contributed by atoms with E-state index in [-0.39, 0.29) is 22.9 Å². The number of nitrogens with two attached hydrogens (primary N) is 6. The monoisotopic (exact) mass is 340 g/mol. The molecule has 0 saturated heterocycles. The van der Waals surface area contributed by atoms with Crippen molar-refractivity contribution in [1.82, 2.24) is 10.6 Å². The zero-order valence-electron chi connectivity index (χ0n) is 10.3. The summed E-state index contributed by atoms with van der Waals surface area (Å²) in [5.74, 6) is -0.375. The second kappa shape index (κ2) is 15.5. The Morgan fingerprint density at radius 1 is 0.905 bits per heavy atom. The van der Waals surface area contributed by atoms with Crippen LogP contribution in [0.25, 0.3) is 0 Å². The molecule has 18 N–H and O–H groups in total. The highest BCUT2D eigenvalue weighted by Gasteiger charge is 1.97. The average Bonchev–Trinajstić information content (AvgIpc) is 1.93. The van der Waals surface area contributed by atoms with Gasteiger partial charge in [-0.15, -0.1) is 0 Å². The molecule has 0 aromatic rings. The standard InChI is InChI=1S/2C2H6N4O.FH2O3P.2H2O/c2*3-1(4)6-2(5)7;1-5(2,3)4;;/h2*(H6,3,4,5,6,7);(H2,2,3,4);2*1H2. The van der Waals surface area contributed by atoms with Crippen molar-refractivity contribution in [3.63, 3.8) is 0 Å². The molecular weight excluding hydrogens is 322 g/mol. The van der Waals surface area contributed by atoms with Crippen molar-refractivity contribution in [1.29, 1.82) is 0 Å². The van der Waals surface area contributed by atoms with Gasteiger partial charge in [0.05, 0.1) is 0 Å². The van der Waals surface area contributed by atoms with Crippen molar-refractivity contribution in [2.75, 3.05) is 0 Å². The van der Waals surface area contributed by atoms with Gasteiger partial charge in [0.1, 0.15) is 7.91 Å². The van der Waals surface area contributed by atoms with Crippen molar-refractivity contribution in [2.45, 2.75) is 0 Å². The molecule has 15 nitrogen and oxygen atoms in total. The van der Waals surface area contributed by atoms with Gasteiger partial charge in [-0.3, -0.25) is 22.3 Å². The summed E-state index contributed by atoms with van der Waals surface area (Å²) in [6, 6.07) is -1.50. The molecule has 0 aliphatic rings. The molecule has 0 aromatic heterocycles. The fourth-order valence-corrected chi connectivity index (χ4v) is 0.285. The van der Waals surface area contributed by atoms with E-state index in [0.29, 0.717) is 0 Å². The third kappa shape index (κ3) is 139. The number of primary amides is 2. The minimum absolute atomic E-state index is 0. The first-order valence-electron chi connectivity index (χ1n) is 3.86. The van der Waals surface area contributed by atoms with Gasteiger partial charge >= 0.3 is 24.0 Å². The first kappa shape index (κ1) is 31.1. The van der Waals surface area contributed by atoms with Gasteiger partial charge in [-0.2, -0.15) is 10.6 Å². The maximum absolute atomic E-state index is 10.1. The Balaban J connectivity index is -0.0000000590. The summed E-state index contributed by atoms with van der Waals surface area (Å²) in [6.45, 7) is 0. The van der Waals surface area contributed by atoms with Crippen LogP contribution in [0.2, 0.25) is 0 Å². The summed E-state index contributed by atoms with van der Waals surface area (Å²) in [5.41, 5.74) is 18.7. The van der Waals surface area contributed by atoms with E-state index in [9.17, 15) is 13.8 Å². The van der Waals surface area contributed by atoms with Gasteiger partial charge in [-0.05, 0) is 0 Å². The van der Waals surface area contributed by atoms with Crippen LogP contribution in [0.4, 0.5) is 13.8 Å². The van der Waals surface area contributed by atoms with Crippen molar-refractivity contribution >= 4 is 31.9 Å². The zero-order valence-corrected chi connectivity index (χ0v) is 11.2. The fourth-order valence-electron chi connectivity index (χ4n) is 0.285. The molecular formula is C4H18FN8O7P. The Morgan fingerprint density at radius 2 is 1.05 bits per heavy atom. The molecule has 0 aromatic carbocycles. The number of carbonyl (C=O) groups excluding carboxylic acids is 2. The molecule has 0 aliphatic carbocycles. The van der Waals surface area contributed by atoms with Crippen LogP contribution in [0, 0.1) is 0 Å². The minimum atomic E-state index is -5.64. The average molecular weight is 340 g/mol.